The quantitative estimate of drug-likeness (QED) is 0.549. The van der Waals surface area contributed by atoms with E-state index >= 15 is 0 Å². The van der Waals surface area contributed by atoms with E-state index in [4.69, 9.17) is 23.2 Å². The van der Waals surface area contributed by atoms with Crippen molar-refractivity contribution in [2.24, 2.45) is 4.99 Å². The standard InChI is InChI=1S/C16H10Cl2N2O2/c17-14-4-2-1-3-12(14)11-6-8-16(18)19-15-7-5-10(20(21)22)9-13(11)15/h1-7,9H,8H2. The Kier molecular flexibility index (Phi) is 3.96. The third-order valence-corrected chi connectivity index (χ3v) is 3.93. The van der Waals surface area contributed by atoms with Crippen molar-refractivity contribution in [3.8, 4) is 0 Å². The summed E-state index contributed by atoms with van der Waals surface area (Å²) < 4.78 is 0. The van der Waals surface area contributed by atoms with Gasteiger partial charge in [-0.2, -0.15) is 0 Å². The fourth-order valence-electron chi connectivity index (χ4n) is 2.36. The van der Waals surface area contributed by atoms with Gasteiger partial charge in [0.05, 0.1) is 10.6 Å². The van der Waals surface area contributed by atoms with Gasteiger partial charge in [-0.15, -0.1) is 0 Å². The zero-order chi connectivity index (χ0) is 15.7. The molecule has 6 heteroatoms. The number of non-ortho nitro benzene ring substituents is 1. The summed E-state index contributed by atoms with van der Waals surface area (Å²) in [5.74, 6) is 0. The van der Waals surface area contributed by atoms with Crippen LogP contribution in [0.4, 0.5) is 11.4 Å². The molecule has 0 saturated carbocycles. The van der Waals surface area contributed by atoms with E-state index in [0.717, 1.165) is 11.1 Å². The number of fused-ring (bicyclic) bond motifs is 1. The van der Waals surface area contributed by atoms with Crippen LogP contribution in [0, 0.1) is 10.1 Å². The minimum Gasteiger partial charge on any atom is -0.258 e. The lowest BCUT2D eigenvalue weighted by Gasteiger charge is -2.11. The maximum atomic E-state index is 11.0. The lowest BCUT2D eigenvalue weighted by atomic mass is 9.95. The molecule has 0 fully saturated rings. The highest BCUT2D eigenvalue weighted by Crippen LogP contribution is 2.39. The van der Waals surface area contributed by atoms with E-state index in [0.29, 0.717) is 27.9 Å². The average molecular weight is 333 g/mol. The number of nitro benzene ring substituents is 1. The highest BCUT2D eigenvalue weighted by molar-refractivity contribution is 6.66. The van der Waals surface area contributed by atoms with Crippen LogP contribution in [-0.2, 0) is 0 Å². The second kappa shape index (κ2) is 5.91. The second-order valence-corrected chi connectivity index (χ2v) is 5.59. The number of hydrogen-bond acceptors (Lipinski definition) is 3. The number of halogens is 2. The lowest BCUT2D eigenvalue weighted by molar-refractivity contribution is -0.384. The number of nitrogens with zero attached hydrogens (tertiary/aromatic N) is 2. The largest absolute Gasteiger partial charge is 0.270 e. The van der Waals surface area contributed by atoms with E-state index in [1.165, 1.54) is 12.1 Å². The molecule has 0 N–H and O–H groups in total. The van der Waals surface area contributed by atoms with Crippen molar-refractivity contribution in [2.75, 3.05) is 0 Å². The maximum absolute atomic E-state index is 11.0. The first kappa shape index (κ1) is 14.8. The molecule has 1 heterocycles. The molecule has 0 aliphatic carbocycles. The van der Waals surface area contributed by atoms with Crippen molar-refractivity contribution >= 4 is 45.3 Å². The second-order valence-electron chi connectivity index (χ2n) is 4.75. The maximum Gasteiger partial charge on any atom is 0.270 e. The third kappa shape index (κ3) is 2.75. The van der Waals surface area contributed by atoms with Gasteiger partial charge in [0.15, 0.2) is 0 Å². The van der Waals surface area contributed by atoms with Crippen molar-refractivity contribution in [2.45, 2.75) is 6.42 Å². The van der Waals surface area contributed by atoms with Gasteiger partial charge >= 0.3 is 0 Å². The molecule has 0 amide bonds. The summed E-state index contributed by atoms with van der Waals surface area (Å²) in [5.41, 5.74) is 2.85. The highest BCUT2D eigenvalue weighted by atomic mass is 35.5. The van der Waals surface area contributed by atoms with E-state index < -0.39 is 4.92 Å². The number of aliphatic imine (C=N–C) groups is 1. The van der Waals surface area contributed by atoms with Crippen LogP contribution in [0.2, 0.25) is 5.02 Å². The molecule has 0 radical (unpaired) electrons. The lowest BCUT2D eigenvalue weighted by Crippen LogP contribution is -1.93. The first-order valence-corrected chi connectivity index (χ1v) is 7.29. The normalized spacial score (nSPS) is 13.7. The third-order valence-electron chi connectivity index (χ3n) is 3.36. The number of hydrogen-bond donors (Lipinski definition) is 0. The molecule has 2 aromatic rings. The van der Waals surface area contributed by atoms with Crippen LogP contribution in [-0.4, -0.2) is 10.1 Å². The molecule has 1 aliphatic rings. The van der Waals surface area contributed by atoms with E-state index in [1.807, 2.05) is 24.3 Å². The van der Waals surface area contributed by atoms with Gasteiger partial charge in [-0.3, -0.25) is 10.1 Å². The van der Waals surface area contributed by atoms with Crippen LogP contribution in [0.15, 0.2) is 53.5 Å². The van der Waals surface area contributed by atoms with Crippen molar-refractivity contribution < 1.29 is 4.92 Å². The number of rotatable bonds is 2. The Morgan fingerprint density at radius 3 is 2.59 bits per heavy atom. The van der Waals surface area contributed by atoms with Gasteiger partial charge in [0.2, 0.25) is 0 Å². The molecule has 0 saturated heterocycles. The smallest absolute Gasteiger partial charge is 0.258 e. The highest BCUT2D eigenvalue weighted by Gasteiger charge is 2.19. The van der Waals surface area contributed by atoms with Crippen molar-refractivity contribution in [3.05, 3.63) is 74.8 Å². The predicted octanol–water partition coefficient (Wildman–Crippen LogP) is 5.35. The molecule has 0 spiro atoms. The Balaban J connectivity index is 2.25. The van der Waals surface area contributed by atoms with Crippen LogP contribution in [0.1, 0.15) is 17.5 Å². The van der Waals surface area contributed by atoms with Crippen LogP contribution < -0.4 is 0 Å². The van der Waals surface area contributed by atoms with Crippen LogP contribution in [0.3, 0.4) is 0 Å². The zero-order valence-corrected chi connectivity index (χ0v) is 12.8. The van der Waals surface area contributed by atoms with E-state index in [-0.39, 0.29) is 5.69 Å². The first-order valence-electron chi connectivity index (χ1n) is 6.53. The van der Waals surface area contributed by atoms with Crippen LogP contribution in [0.25, 0.3) is 5.57 Å². The molecular formula is C16H10Cl2N2O2. The van der Waals surface area contributed by atoms with Crippen molar-refractivity contribution in [3.63, 3.8) is 0 Å². The summed E-state index contributed by atoms with van der Waals surface area (Å²) in [6.07, 6.45) is 2.34. The number of nitro groups is 1. The zero-order valence-electron chi connectivity index (χ0n) is 11.3. The summed E-state index contributed by atoms with van der Waals surface area (Å²) in [6, 6.07) is 11.9. The van der Waals surface area contributed by atoms with E-state index in [9.17, 15) is 10.1 Å². The van der Waals surface area contributed by atoms with Gasteiger partial charge < -0.3 is 0 Å². The van der Waals surface area contributed by atoms with Crippen LogP contribution >= 0.6 is 23.2 Å². The molecule has 0 aromatic heterocycles. The molecule has 0 unspecified atom stereocenters. The van der Waals surface area contributed by atoms with Crippen molar-refractivity contribution in [1.29, 1.82) is 0 Å². The first-order chi connectivity index (χ1) is 10.6. The molecule has 4 nitrogen and oxygen atoms in total. The number of allylic oxidation sites excluding steroid dienone is 1. The topological polar surface area (TPSA) is 55.5 Å². The minimum absolute atomic E-state index is 0.00456. The fraction of sp³-hybridized carbons (Fsp3) is 0.0625. The van der Waals surface area contributed by atoms with Gasteiger partial charge in [-0.05, 0) is 17.7 Å². The van der Waals surface area contributed by atoms with Gasteiger partial charge in [0, 0.05) is 34.7 Å². The van der Waals surface area contributed by atoms with Gasteiger partial charge in [-0.1, -0.05) is 47.5 Å². The molecular weight excluding hydrogens is 323 g/mol. The Morgan fingerprint density at radius 1 is 1.09 bits per heavy atom. The van der Waals surface area contributed by atoms with Gasteiger partial charge in [0.25, 0.3) is 5.69 Å². The Morgan fingerprint density at radius 2 is 1.86 bits per heavy atom. The SMILES string of the molecule is O=[N+]([O-])c1ccc2c(c1)C(c1ccccc1Cl)=CCC(Cl)=N2. The Hall–Kier alpha value is -2.17. The Labute approximate surface area is 136 Å². The van der Waals surface area contributed by atoms with Crippen LogP contribution in [0.5, 0.6) is 0 Å². The summed E-state index contributed by atoms with van der Waals surface area (Å²) in [5, 5.41) is 12.0. The summed E-state index contributed by atoms with van der Waals surface area (Å²) in [4.78, 5) is 14.9. The fourth-order valence-corrected chi connectivity index (χ4v) is 2.76. The molecule has 2 aromatic carbocycles. The monoisotopic (exact) mass is 332 g/mol. The predicted molar refractivity (Wildman–Crippen MR) is 89.2 cm³/mol. The molecule has 110 valence electrons. The molecule has 3 rings (SSSR count). The minimum atomic E-state index is -0.430. The Bertz CT molecular complexity index is 829. The molecule has 0 atom stereocenters. The molecule has 1 aliphatic heterocycles. The number of benzene rings is 2. The van der Waals surface area contributed by atoms with E-state index in [1.54, 1.807) is 12.1 Å². The van der Waals surface area contributed by atoms with Gasteiger partial charge in [-0.25, -0.2) is 4.99 Å². The van der Waals surface area contributed by atoms with Gasteiger partial charge in [0.1, 0.15) is 5.17 Å². The van der Waals surface area contributed by atoms with E-state index in [2.05, 4.69) is 4.99 Å². The molecule has 22 heavy (non-hydrogen) atoms. The summed E-state index contributed by atoms with van der Waals surface area (Å²) in [6.45, 7) is 0. The summed E-state index contributed by atoms with van der Waals surface area (Å²) >= 11 is 12.4. The average Bonchev–Trinajstić information content (AvgIpc) is 2.65. The van der Waals surface area contributed by atoms with Crippen molar-refractivity contribution in [1.82, 2.24) is 0 Å². The summed E-state index contributed by atoms with van der Waals surface area (Å²) in [7, 11) is 0. The molecule has 0 bridgehead atoms.